The second-order valence-corrected chi connectivity index (χ2v) is 5.15. The molecular formula is C17H19ClO4. The van der Waals surface area contributed by atoms with Crippen molar-refractivity contribution in [2.75, 3.05) is 13.2 Å². The van der Waals surface area contributed by atoms with E-state index in [1.54, 1.807) is 38.1 Å². The number of benzene rings is 1. The molecular weight excluding hydrogens is 304 g/mol. The lowest BCUT2D eigenvalue weighted by molar-refractivity contribution is -0.171. The quantitative estimate of drug-likeness (QED) is 0.440. The van der Waals surface area contributed by atoms with Crippen LogP contribution in [0, 0.1) is 17.8 Å². The van der Waals surface area contributed by atoms with Gasteiger partial charge in [-0.15, -0.1) is 12.3 Å². The fourth-order valence-corrected chi connectivity index (χ4v) is 2.36. The molecule has 0 heterocycles. The Balaban J connectivity index is 3.25. The van der Waals surface area contributed by atoms with Gasteiger partial charge in [0.25, 0.3) is 0 Å². The summed E-state index contributed by atoms with van der Waals surface area (Å²) in [5, 5.41) is 0.514. The maximum atomic E-state index is 12.4. The predicted molar refractivity (Wildman–Crippen MR) is 84.3 cm³/mol. The van der Waals surface area contributed by atoms with Crippen molar-refractivity contribution in [3.8, 4) is 12.3 Å². The number of ether oxygens (including phenoxy) is 2. The van der Waals surface area contributed by atoms with Gasteiger partial charge in [0.05, 0.1) is 13.2 Å². The number of halogens is 1. The molecule has 0 atom stereocenters. The molecule has 5 heteroatoms. The Bertz CT molecular complexity index is 556. The van der Waals surface area contributed by atoms with Crippen LogP contribution in [0.25, 0.3) is 0 Å². The van der Waals surface area contributed by atoms with Crippen molar-refractivity contribution in [3.05, 3.63) is 34.9 Å². The molecule has 0 bridgehead atoms. The highest BCUT2D eigenvalue weighted by Crippen LogP contribution is 2.31. The van der Waals surface area contributed by atoms with E-state index in [-0.39, 0.29) is 26.1 Å². The van der Waals surface area contributed by atoms with E-state index in [0.29, 0.717) is 10.6 Å². The summed E-state index contributed by atoms with van der Waals surface area (Å²) in [5.74, 6) is 1.04. The Kier molecular flexibility index (Phi) is 6.94. The van der Waals surface area contributed by atoms with Gasteiger partial charge in [-0.2, -0.15) is 0 Å². The van der Waals surface area contributed by atoms with Gasteiger partial charge in [0.1, 0.15) is 0 Å². The minimum atomic E-state index is -1.55. The van der Waals surface area contributed by atoms with Gasteiger partial charge in [-0.3, -0.25) is 9.59 Å². The first-order valence-corrected chi connectivity index (χ1v) is 7.40. The topological polar surface area (TPSA) is 52.6 Å². The van der Waals surface area contributed by atoms with Crippen LogP contribution >= 0.6 is 11.6 Å². The number of hydrogen-bond donors (Lipinski definition) is 0. The summed E-state index contributed by atoms with van der Waals surface area (Å²) in [5.41, 5.74) is -0.838. The lowest BCUT2D eigenvalue weighted by Crippen LogP contribution is -2.43. The Morgan fingerprint density at radius 1 is 1.23 bits per heavy atom. The van der Waals surface area contributed by atoms with Crippen LogP contribution in [0.15, 0.2) is 24.3 Å². The van der Waals surface area contributed by atoms with Crippen LogP contribution in [-0.4, -0.2) is 25.2 Å². The Labute approximate surface area is 135 Å². The summed E-state index contributed by atoms with van der Waals surface area (Å²) < 4.78 is 10.1. The van der Waals surface area contributed by atoms with Crippen LogP contribution in [0.2, 0.25) is 5.02 Å². The highest BCUT2D eigenvalue weighted by Gasteiger charge is 2.48. The molecule has 0 aromatic heterocycles. The normalized spacial score (nSPS) is 10.6. The van der Waals surface area contributed by atoms with E-state index < -0.39 is 17.4 Å². The van der Waals surface area contributed by atoms with E-state index in [1.165, 1.54) is 0 Å². The molecule has 1 rings (SSSR count). The highest BCUT2D eigenvalue weighted by molar-refractivity contribution is 6.30. The molecule has 0 amide bonds. The Morgan fingerprint density at radius 2 is 1.82 bits per heavy atom. The lowest BCUT2D eigenvalue weighted by atomic mass is 9.78. The second kappa shape index (κ2) is 8.45. The average molecular weight is 323 g/mol. The molecule has 0 unspecified atom stereocenters. The van der Waals surface area contributed by atoms with Crippen LogP contribution < -0.4 is 0 Å². The summed E-state index contributed by atoms with van der Waals surface area (Å²) in [4.78, 5) is 24.8. The van der Waals surface area contributed by atoms with Gasteiger partial charge in [0, 0.05) is 17.9 Å². The minimum Gasteiger partial charge on any atom is -0.465 e. The highest BCUT2D eigenvalue weighted by atomic mass is 35.5. The first-order valence-electron chi connectivity index (χ1n) is 7.02. The van der Waals surface area contributed by atoms with Crippen molar-refractivity contribution < 1.29 is 19.1 Å². The molecule has 4 nitrogen and oxygen atoms in total. The molecule has 0 spiro atoms. The van der Waals surface area contributed by atoms with Crippen molar-refractivity contribution in [1.82, 2.24) is 0 Å². The number of hydrogen-bond acceptors (Lipinski definition) is 4. The van der Waals surface area contributed by atoms with Crippen molar-refractivity contribution in [3.63, 3.8) is 0 Å². The van der Waals surface area contributed by atoms with Gasteiger partial charge >= 0.3 is 11.9 Å². The fourth-order valence-electron chi connectivity index (χ4n) is 2.14. The monoisotopic (exact) mass is 322 g/mol. The first kappa shape index (κ1) is 18.1. The van der Waals surface area contributed by atoms with Gasteiger partial charge in [0.15, 0.2) is 5.41 Å². The molecule has 0 aliphatic heterocycles. The number of carbonyl (C=O) groups excluding carboxylic acids is 2. The molecule has 22 heavy (non-hydrogen) atoms. The third kappa shape index (κ3) is 4.25. The fraction of sp³-hybridized carbons (Fsp3) is 0.412. The lowest BCUT2D eigenvalue weighted by Gasteiger charge is -2.27. The van der Waals surface area contributed by atoms with E-state index >= 15 is 0 Å². The molecule has 1 aromatic carbocycles. The largest absolute Gasteiger partial charge is 0.465 e. The summed E-state index contributed by atoms with van der Waals surface area (Å²) in [6.45, 7) is 3.65. The Morgan fingerprint density at radius 3 is 2.27 bits per heavy atom. The van der Waals surface area contributed by atoms with E-state index in [0.717, 1.165) is 0 Å². The maximum Gasteiger partial charge on any atom is 0.324 e. The first-order chi connectivity index (χ1) is 10.5. The molecule has 1 aromatic rings. The van der Waals surface area contributed by atoms with Gasteiger partial charge in [-0.05, 0) is 31.5 Å². The number of rotatable bonds is 7. The minimum absolute atomic E-state index is 0.0788. The summed E-state index contributed by atoms with van der Waals surface area (Å²) in [6, 6.07) is 6.91. The molecule has 0 N–H and O–H groups in total. The standard InChI is InChI=1S/C17H19ClO4/c1-4-10-17(15(19)21-5-2,16(20)22-6-3)12-13-8-7-9-14(18)11-13/h1,7-9,11H,5-6,10,12H2,2-3H3. The van der Waals surface area contributed by atoms with Crippen molar-refractivity contribution >= 4 is 23.5 Å². The summed E-state index contributed by atoms with van der Waals surface area (Å²) in [7, 11) is 0. The third-order valence-electron chi connectivity index (χ3n) is 3.13. The van der Waals surface area contributed by atoms with E-state index in [1.807, 2.05) is 0 Å². The van der Waals surface area contributed by atoms with Crippen LogP contribution in [-0.2, 0) is 25.5 Å². The molecule has 118 valence electrons. The van der Waals surface area contributed by atoms with Crippen molar-refractivity contribution in [2.45, 2.75) is 26.7 Å². The van der Waals surface area contributed by atoms with Crippen LogP contribution in [0.5, 0.6) is 0 Å². The predicted octanol–water partition coefficient (Wildman–Crippen LogP) is 3.02. The number of terminal acetylenes is 1. The van der Waals surface area contributed by atoms with Gasteiger partial charge in [-0.25, -0.2) is 0 Å². The van der Waals surface area contributed by atoms with Crippen LogP contribution in [0.4, 0.5) is 0 Å². The SMILES string of the molecule is C#CCC(Cc1cccc(Cl)c1)(C(=O)OCC)C(=O)OCC. The van der Waals surface area contributed by atoms with Crippen molar-refractivity contribution in [2.24, 2.45) is 5.41 Å². The van der Waals surface area contributed by atoms with E-state index in [4.69, 9.17) is 27.5 Å². The molecule has 0 aliphatic rings. The van der Waals surface area contributed by atoms with Gasteiger partial charge in [0.2, 0.25) is 0 Å². The zero-order valence-electron chi connectivity index (χ0n) is 12.7. The molecule has 0 aliphatic carbocycles. The maximum absolute atomic E-state index is 12.4. The zero-order chi connectivity index (χ0) is 16.6. The Hall–Kier alpha value is -1.99. The van der Waals surface area contributed by atoms with Gasteiger partial charge < -0.3 is 9.47 Å². The van der Waals surface area contributed by atoms with E-state index in [2.05, 4.69) is 5.92 Å². The smallest absolute Gasteiger partial charge is 0.324 e. The van der Waals surface area contributed by atoms with Crippen molar-refractivity contribution in [1.29, 1.82) is 0 Å². The second-order valence-electron chi connectivity index (χ2n) is 4.71. The summed E-state index contributed by atoms with van der Waals surface area (Å²) >= 11 is 5.96. The molecule has 0 fully saturated rings. The molecule has 0 saturated carbocycles. The van der Waals surface area contributed by atoms with E-state index in [9.17, 15) is 9.59 Å². The van der Waals surface area contributed by atoms with Crippen LogP contribution in [0.1, 0.15) is 25.8 Å². The average Bonchev–Trinajstić information content (AvgIpc) is 2.47. The number of esters is 2. The number of carbonyl (C=O) groups is 2. The molecule has 0 saturated heterocycles. The van der Waals surface area contributed by atoms with Gasteiger partial charge in [-0.1, -0.05) is 23.7 Å². The third-order valence-corrected chi connectivity index (χ3v) is 3.37. The summed E-state index contributed by atoms with van der Waals surface area (Å²) in [6.07, 6.45) is 5.35. The van der Waals surface area contributed by atoms with Crippen LogP contribution in [0.3, 0.4) is 0 Å². The zero-order valence-corrected chi connectivity index (χ0v) is 13.5. The molecule has 0 radical (unpaired) electrons.